The normalized spacial score (nSPS) is 18.2. The zero-order valence-electron chi connectivity index (χ0n) is 24.5. The van der Waals surface area contributed by atoms with E-state index in [4.69, 9.17) is 14.2 Å². The quantitative estimate of drug-likeness (QED) is 0.270. The molecule has 226 valence electrons. The second-order valence-corrected chi connectivity index (χ2v) is 9.81. The van der Waals surface area contributed by atoms with Gasteiger partial charge >= 0.3 is 0 Å². The van der Waals surface area contributed by atoms with Crippen molar-refractivity contribution in [1.29, 1.82) is 0 Å². The second kappa shape index (κ2) is 21.8. The largest absolute Gasteiger partial charge is 0.497 e. The van der Waals surface area contributed by atoms with E-state index in [0.717, 1.165) is 44.4 Å². The van der Waals surface area contributed by atoms with Crippen molar-refractivity contribution in [3.8, 4) is 5.75 Å². The lowest BCUT2D eigenvalue weighted by atomic mass is 9.88. The Bertz CT molecular complexity index is 839. The minimum atomic E-state index is -0.857. The summed E-state index contributed by atoms with van der Waals surface area (Å²) in [4.78, 5) is 46.7. The molecule has 11 nitrogen and oxygen atoms in total. The average Bonchev–Trinajstić information content (AvgIpc) is 3.77. The van der Waals surface area contributed by atoms with Gasteiger partial charge in [0.2, 0.25) is 18.2 Å². The summed E-state index contributed by atoms with van der Waals surface area (Å²) >= 11 is 0. The first-order valence-electron chi connectivity index (χ1n) is 14.0. The van der Waals surface area contributed by atoms with Crippen LogP contribution in [-0.2, 0) is 35.1 Å². The summed E-state index contributed by atoms with van der Waals surface area (Å²) in [7, 11) is 1.55. The van der Waals surface area contributed by atoms with Crippen LogP contribution < -0.4 is 20.7 Å². The zero-order chi connectivity index (χ0) is 29.6. The summed E-state index contributed by atoms with van der Waals surface area (Å²) in [6.07, 6.45) is 6.23. The molecule has 0 radical (unpaired) electrons. The number of ether oxygens (including phenoxy) is 3. The van der Waals surface area contributed by atoms with E-state index in [-0.39, 0.29) is 19.5 Å². The number of morpholine rings is 1. The minimum Gasteiger partial charge on any atom is -0.497 e. The van der Waals surface area contributed by atoms with Gasteiger partial charge in [-0.1, -0.05) is 45.2 Å². The smallest absolute Gasteiger partial charge is 0.243 e. The van der Waals surface area contributed by atoms with Crippen LogP contribution >= 0.6 is 0 Å². The topological polar surface area (TPSA) is 139 Å². The number of carbonyl (C=O) groups excluding carboxylic acids is 4. The number of likely N-dealkylation sites (N-methyl/N-ethyl adjacent to an activating group) is 1. The highest BCUT2D eigenvalue weighted by atomic mass is 16.6. The highest BCUT2D eigenvalue weighted by Crippen LogP contribution is 2.24. The molecule has 3 N–H and O–H groups in total. The molecular weight excluding hydrogens is 516 g/mol. The van der Waals surface area contributed by atoms with Crippen LogP contribution in [0.3, 0.4) is 0 Å². The Morgan fingerprint density at radius 2 is 1.73 bits per heavy atom. The third-order valence-corrected chi connectivity index (χ3v) is 6.40. The average molecular weight is 565 g/mol. The fraction of sp³-hybridized carbons (Fsp3) is 0.655. The predicted molar refractivity (Wildman–Crippen MR) is 153 cm³/mol. The van der Waals surface area contributed by atoms with E-state index in [1.54, 1.807) is 31.4 Å². The van der Waals surface area contributed by atoms with Crippen molar-refractivity contribution < 1.29 is 33.4 Å². The molecule has 1 aliphatic carbocycles. The van der Waals surface area contributed by atoms with Crippen LogP contribution in [-0.4, -0.2) is 101 Å². The van der Waals surface area contributed by atoms with E-state index < -0.39 is 17.9 Å². The van der Waals surface area contributed by atoms with Crippen molar-refractivity contribution in [2.24, 2.45) is 5.92 Å². The molecule has 3 fully saturated rings. The Balaban J connectivity index is 0.000000371. The van der Waals surface area contributed by atoms with Gasteiger partial charge in [0.25, 0.3) is 0 Å². The Morgan fingerprint density at radius 1 is 1.12 bits per heavy atom. The molecular formula is C29H48N4O7. The van der Waals surface area contributed by atoms with Gasteiger partial charge in [0.1, 0.15) is 18.1 Å². The molecule has 3 aliphatic rings. The predicted octanol–water partition coefficient (Wildman–Crippen LogP) is 1.33. The van der Waals surface area contributed by atoms with Crippen LogP contribution in [0, 0.1) is 5.92 Å². The van der Waals surface area contributed by atoms with E-state index in [9.17, 15) is 19.2 Å². The molecule has 0 spiro atoms. The van der Waals surface area contributed by atoms with E-state index >= 15 is 0 Å². The van der Waals surface area contributed by atoms with Gasteiger partial charge in [-0.3, -0.25) is 19.3 Å². The highest BCUT2D eigenvalue weighted by molar-refractivity contribution is 5.89. The summed E-state index contributed by atoms with van der Waals surface area (Å²) < 4.78 is 14.9. The maximum atomic E-state index is 12.0. The van der Waals surface area contributed by atoms with Gasteiger partial charge in [0.15, 0.2) is 0 Å². The van der Waals surface area contributed by atoms with Gasteiger partial charge in [0, 0.05) is 19.5 Å². The fourth-order valence-corrected chi connectivity index (χ4v) is 3.48. The molecule has 1 saturated carbocycles. The molecule has 2 aliphatic heterocycles. The Kier molecular flexibility index (Phi) is 19.0. The monoisotopic (exact) mass is 564 g/mol. The van der Waals surface area contributed by atoms with Crippen molar-refractivity contribution >= 4 is 24.5 Å². The molecule has 2 unspecified atom stereocenters. The van der Waals surface area contributed by atoms with E-state index in [1.165, 1.54) is 25.8 Å². The van der Waals surface area contributed by atoms with Crippen LogP contribution in [0.4, 0.5) is 0 Å². The van der Waals surface area contributed by atoms with Gasteiger partial charge < -0.3 is 35.0 Å². The van der Waals surface area contributed by atoms with E-state index in [1.807, 2.05) is 0 Å². The van der Waals surface area contributed by atoms with Gasteiger partial charge in [-0.25, -0.2) is 0 Å². The molecule has 0 aromatic heterocycles. The van der Waals surface area contributed by atoms with Gasteiger partial charge in [0.05, 0.1) is 46.1 Å². The lowest BCUT2D eigenvalue weighted by Crippen LogP contribution is -2.50. The third-order valence-electron chi connectivity index (χ3n) is 6.40. The van der Waals surface area contributed by atoms with Gasteiger partial charge in [-0.15, -0.1) is 0 Å². The second-order valence-electron chi connectivity index (χ2n) is 9.81. The first-order valence-corrected chi connectivity index (χ1v) is 14.0. The molecule has 1 aromatic rings. The molecule has 0 bridgehead atoms. The number of benzene rings is 1. The number of methoxy groups -OCH3 is 1. The first-order chi connectivity index (χ1) is 19.3. The standard InChI is InChI=1S/C15H19N3O5.C6H13NO.C5H10.C3H6O/c1-23-12-4-2-11(3-5-12)8-13(15(22)17-6-7-19)18-14(21)9-16-10-20;1-2-7-3-5-8-6-4-7;1-5-3-2-4-5;1-3-2-4-3/h2-5,7,10,13H,6,8-9H2,1H3,(H,16,20)(H,17,22)(H,18,21);2-6H2,1H3;5H,2-4H2,1H3;3H,2H2,1H3. The number of carbonyl (C=O) groups is 4. The van der Waals surface area contributed by atoms with Gasteiger partial charge in [-0.05, 0) is 37.1 Å². The first kappa shape index (κ1) is 35.0. The number of hydrogen-bond donors (Lipinski definition) is 3. The summed E-state index contributed by atoms with van der Waals surface area (Å²) in [5.74, 6) is 0.758. The molecule has 3 amide bonds. The number of aldehydes is 1. The molecule has 2 atom stereocenters. The van der Waals surface area contributed by atoms with Crippen molar-refractivity contribution in [3.63, 3.8) is 0 Å². The minimum absolute atomic E-state index is 0.138. The van der Waals surface area contributed by atoms with Crippen LogP contribution in [0.2, 0.25) is 0 Å². The molecule has 11 heteroatoms. The van der Waals surface area contributed by atoms with Crippen LogP contribution in [0.15, 0.2) is 24.3 Å². The molecule has 1 aromatic carbocycles. The molecule has 40 heavy (non-hydrogen) atoms. The molecule has 4 rings (SSSR count). The Hall–Kier alpha value is -3.02. The van der Waals surface area contributed by atoms with Crippen molar-refractivity contribution in [3.05, 3.63) is 29.8 Å². The van der Waals surface area contributed by atoms with Crippen molar-refractivity contribution in [2.75, 3.05) is 59.7 Å². The SMILES string of the molecule is CC1CCC1.CC1CO1.CCN1CCOCC1.COc1ccc(CC(NC(=O)CNC=O)C(=O)NCC=O)cc1. The highest BCUT2D eigenvalue weighted by Gasteiger charge is 2.21. The van der Waals surface area contributed by atoms with Crippen molar-refractivity contribution in [2.45, 2.75) is 58.6 Å². The van der Waals surface area contributed by atoms with Crippen LogP contribution in [0.5, 0.6) is 5.75 Å². The van der Waals surface area contributed by atoms with E-state index in [2.05, 4.69) is 41.6 Å². The number of amides is 3. The Morgan fingerprint density at radius 3 is 2.12 bits per heavy atom. The molecule has 2 saturated heterocycles. The lowest BCUT2D eigenvalue weighted by molar-refractivity contribution is -0.129. The number of nitrogens with zero attached hydrogens (tertiary/aromatic N) is 1. The van der Waals surface area contributed by atoms with Crippen molar-refractivity contribution in [1.82, 2.24) is 20.9 Å². The summed E-state index contributed by atoms with van der Waals surface area (Å²) in [6.45, 7) is 12.4. The number of nitrogens with one attached hydrogen (secondary N) is 3. The Labute approximate surface area is 238 Å². The summed E-state index contributed by atoms with van der Waals surface area (Å²) in [5, 5.41) is 7.14. The lowest BCUT2D eigenvalue weighted by Gasteiger charge is -2.24. The fourth-order valence-electron chi connectivity index (χ4n) is 3.48. The van der Waals surface area contributed by atoms with Crippen LogP contribution in [0.1, 0.15) is 45.6 Å². The zero-order valence-corrected chi connectivity index (χ0v) is 24.5. The van der Waals surface area contributed by atoms with E-state index in [0.29, 0.717) is 24.5 Å². The maximum absolute atomic E-state index is 12.0. The molecule has 2 heterocycles. The maximum Gasteiger partial charge on any atom is 0.243 e. The van der Waals surface area contributed by atoms with Gasteiger partial charge in [-0.2, -0.15) is 0 Å². The summed E-state index contributed by atoms with van der Waals surface area (Å²) in [5.41, 5.74) is 0.806. The number of hydrogen-bond acceptors (Lipinski definition) is 8. The number of epoxide rings is 1. The third kappa shape index (κ3) is 17.5. The summed E-state index contributed by atoms with van der Waals surface area (Å²) in [6, 6.07) is 6.17. The van der Waals surface area contributed by atoms with Crippen LogP contribution in [0.25, 0.3) is 0 Å². The number of rotatable bonds is 11.